The molecule has 4 rings (SSSR count). The zero-order valence-corrected chi connectivity index (χ0v) is 18.3. The Labute approximate surface area is 185 Å². The predicted octanol–water partition coefficient (Wildman–Crippen LogP) is 4.60. The van der Waals surface area contributed by atoms with Crippen LogP contribution in [0.2, 0.25) is 5.02 Å². The lowest BCUT2D eigenvalue weighted by molar-refractivity contribution is -0.123. The number of fused-ring (bicyclic) bond motifs is 1. The highest BCUT2D eigenvalue weighted by Crippen LogP contribution is 2.39. The van der Waals surface area contributed by atoms with E-state index < -0.39 is 6.04 Å². The van der Waals surface area contributed by atoms with Crippen LogP contribution in [0.5, 0.6) is 5.75 Å². The first kappa shape index (κ1) is 20.9. The van der Waals surface area contributed by atoms with Gasteiger partial charge in [0.05, 0.1) is 24.9 Å². The minimum atomic E-state index is -0.732. The van der Waals surface area contributed by atoms with Gasteiger partial charge in [0.25, 0.3) is 5.91 Å². The maximum atomic E-state index is 12.7. The van der Waals surface area contributed by atoms with Crippen molar-refractivity contribution in [2.75, 3.05) is 17.7 Å². The normalized spacial score (nSPS) is 14.8. The van der Waals surface area contributed by atoms with Crippen molar-refractivity contribution in [1.82, 2.24) is 9.78 Å². The van der Waals surface area contributed by atoms with E-state index in [9.17, 15) is 9.59 Å². The van der Waals surface area contributed by atoms with Gasteiger partial charge < -0.3 is 15.4 Å². The van der Waals surface area contributed by atoms with Gasteiger partial charge in [-0.1, -0.05) is 48.4 Å². The van der Waals surface area contributed by atoms with E-state index >= 15 is 0 Å². The Morgan fingerprint density at radius 1 is 1.26 bits per heavy atom. The van der Waals surface area contributed by atoms with E-state index in [1.54, 1.807) is 22.9 Å². The summed E-state index contributed by atoms with van der Waals surface area (Å²) in [6, 6.07) is 12.3. The van der Waals surface area contributed by atoms with Crippen LogP contribution in [0.3, 0.4) is 0 Å². The number of hydrogen-bond acceptors (Lipinski definition) is 4. The number of aromatic nitrogens is 2. The van der Waals surface area contributed by atoms with Crippen molar-refractivity contribution in [2.45, 2.75) is 32.7 Å². The molecule has 0 fully saturated rings. The second kappa shape index (κ2) is 8.43. The third kappa shape index (κ3) is 4.01. The zero-order valence-electron chi connectivity index (χ0n) is 17.5. The van der Waals surface area contributed by atoms with Crippen LogP contribution >= 0.6 is 11.6 Å². The number of methoxy groups -OCH3 is 1. The Morgan fingerprint density at radius 2 is 2.00 bits per heavy atom. The Morgan fingerprint density at radius 3 is 2.68 bits per heavy atom. The van der Waals surface area contributed by atoms with E-state index in [2.05, 4.69) is 15.7 Å². The maximum Gasteiger partial charge on any atom is 0.251 e. The molecule has 0 bridgehead atoms. The SMILES string of the molecule is CCc1nn2c(c1-c1ccc(C)cc1)NC(=O)C2CC(=O)Nc1cc(Cl)ccc1OC. The first-order valence-corrected chi connectivity index (χ1v) is 10.4. The van der Waals surface area contributed by atoms with E-state index in [0.717, 1.165) is 22.4 Å². The average Bonchev–Trinajstić information content (AvgIpc) is 3.24. The van der Waals surface area contributed by atoms with Crippen molar-refractivity contribution in [3.63, 3.8) is 0 Å². The summed E-state index contributed by atoms with van der Waals surface area (Å²) >= 11 is 6.04. The molecule has 0 saturated carbocycles. The molecule has 1 aliphatic heterocycles. The number of benzene rings is 2. The van der Waals surface area contributed by atoms with Crippen molar-refractivity contribution in [3.8, 4) is 16.9 Å². The number of nitrogens with zero attached hydrogens (tertiary/aromatic N) is 2. The maximum absolute atomic E-state index is 12.7. The van der Waals surface area contributed by atoms with Crippen LogP contribution in [-0.2, 0) is 16.0 Å². The molecule has 1 aliphatic rings. The molecule has 3 aromatic rings. The summed E-state index contributed by atoms with van der Waals surface area (Å²) in [6.45, 7) is 4.04. The number of rotatable bonds is 6. The van der Waals surface area contributed by atoms with Gasteiger partial charge in [0.2, 0.25) is 5.91 Å². The van der Waals surface area contributed by atoms with Crippen LogP contribution in [0.25, 0.3) is 11.1 Å². The molecular weight excluding hydrogens is 416 g/mol. The van der Waals surface area contributed by atoms with Gasteiger partial charge in [0.1, 0.15) is 17.6 Å². The van der Waals surface area contributed by atoms with Crippen LogP contribution < -0.4 is 15.4 Å². The van der Waals surface area contributed by atoms with Gasteiger partial charge in [-0.15, -0.1) is 0 Å². The van der Waals surface area contributed by atoms with Gasteiger partial charge in [0.15, 0.2) is 0 Å². The quantitative estimate of drug-likeness (QED) is 0.588. The fourth-order valence-electron chi connectivity index (χ4n) is 3.74. The first-order chi connectivity index (χ1) is 14.9. The second-order valence-corrected chi connectivity index (χ2v) is 7.87. The first-order valence-electron chi connectivity index (χ1n) is 10.0. The topological polar surface area (TPSA) is 85.2 Å². The van der Waals surface area contributed by atoms with E-state index in [-0.39, 0.29) is 18.2 Å². The lowest BCUT2D eigenvalue weighted by Gasteiger charge is -2.13. The Kier molecular flexibility index (Phi) is 5.69. The summed E-state index contributed by atoms with van der Waals surface area (Å²) in [5, 5.41) is 10.8. The molecule has 2 amide bonds. The van der Waals surface area contributed by atoms with Crippen LogP contribution in [0.15, 0.2) is 42.5 Å². The summed E-state index contributed by atoms with van der Waals surface area (Å²) in [6.07, 6.45) is 0.643. The molecule has 2 aromatic carbocycles. The molecular formula is C23H23ClN4O3. The van der Waals surface area contributed by atoms with Crippen molar-refractivity contribution >= 4 is 34.9 Å². The minimum absolute atomic E-state index is 0.0628. The number of ether oxygens (including phenoxy) is 1. The standard InChI is InChI=1S/C23H23ClN4O3/c1-4-16-21(14-7-5-13(2)6-8-14)22-26-23(30)18(28(22)27-16)12-20(29)25-17-11-15(24)9-10-19(17)31-3/h5-11,18H,4,12H2,1-3H3,(H,25,29)(H,26,30). The van der Waals surface area contributed by atoms with E-state index in [4.69, 9.17) is 16.3 Å². The highest BCUT2D eigenvalue weighted by atomic mass is 35.5. The molecule has 1 unspecified atom stereocenters. The molecule has 0 saturated heterocycles. The Balaban J connectivity index is 1.61. The molecule has 0 aliphatic carbocycles. The monoisotopic (exact) mass is 438 g/mol. The average molecular weight is 439 g/mol. The van der Waals surface area contributed by atoms with Crippen LogP contribution in [0.4, 0.5) is 11.5 Å². The Bertz CT molecular complexity index is 1150. The molecule has 7 nitrogen and oxygen atoms in total. The van der Waals surface area contributed by atoms with Gasteiger partial charge in [0, 0.05) is 10.6 Å². The largest absolute Gasteiger partial charge is 0.495 e. The summed E-state index contributed by atoms with van der Waals surface area (Å²) in [5.74, 6) is 0.526. The van der Waals surface area contributed by atoms with Gasteiger partial charge in [-0.2, -0.15) is 5.10 Å². The van der Waals surface area contributed by atoms with Gasteiger partial charge in [-0.3, -0.25) is 9.59 Å². The fraction of sp³-hybridized carbons (Fsp3) is 0.261. The van der Waals surface area contributed by atoms with Gasteiger partial charge in [-0.25, -0.2) is 4.68 Å². The molecule has 0 radical (unpaired) electrons. The number of carbonyl (C=O) groups is 2. The second-order valence-electron chi connectivity index (χ2n) is 7.44. The van der Waals surface area contributed by atoms with Crippen LogP contribution in [0, 0.1) is 6.92 Å². The molecule has 1 aromatic heterocycles. The smallest absolute Gasteiger partial charge is 0.251 e. The number of anilines is 2. The van der Waals surface area contributed by atoms with Crippen molar-refractivity contribution < 1.29 is 14.3 Å². The number of nitrogens with one attached hydrogen (secondary N) is 2. The van der Waals surface area contributed by atoms with Gasteiger partial charge in [-0.05, 0) is 37.1 Å². The molecule has 2 N–H and O–H groups in total. The van der Waals surface area contributed by atoms with E-state index in [1.807, 2.05) is 38.1 Å². The molecule has 0 spiro atoms. The number of carbonyl (C=O) groups excluding carboxylic acids is 2. The molecule has 8 heteroatoms. The van der Waals surface area contributed by atoms with E-state index in [1.165, 1.54) is 7.11 Å². The van der Waals surface area contributed by atoms with Crippen molar-refractivity contribution in [3.05, 3.63) is 58.7 Å². The summed E-state index contributed by atoms with van der Waals surface area (Å²) in [4.78, 5) is 25.4. The molecule has 31 heavy (non-hydrogen) atoms. The zero-order chi connectivity index (χ0) is 22.1. The van der Waals surface area contributed by atoms with Gasteiger partial charge >= 0.3 is 0 Å². The third-order valence-electron chi connectivity index (χ3n) is 5.31. The fourth-order valence-corrected chi connectivity index (χ4v) is 3.91. The number of halogens is 1. The number of aryl methyl sites for hydroxylation is 2. The summed E-state index contributed by atoms with van der Waals surface area (Å²) < 4.78 is 6.90. The highest BCUT2D eigenvalue weighted by Gasteiger charge is 2.36. The minimum Gasteiger partial charge on any atom is -0.495 e. The highest BCUT2D eigenvalue weighted by molar-refractivity contribution is 6.31. The molecule has 160 valence electrons. The van der Waals surface area contributed by atoms with Crippen molar-refractivity contribution in [1.29, 1.82) is 0 Å². The Hall–Kier alpha value is -3.32. The van der Waals surface area contributed by atoms with E-state index in [0.29, 0.717) is 28.7 Å². The molecule has 2 heterocycles. The van der Waals surface area contributed by atoms with Crippen molar-refractivity contribution in [2.24, 2.45) is 0 Å². The lowest BCUT2D eigenvalue weighted by atomic mass is 10.0. The lowest BCUT2D eigenvalue weighted by Crippen LogP contribution is -2.24. The molecule has 1 atom stereocenters. The summed E-state index contributed by atoms with van der Waals surface area (Å²) in [5.41, 5.74) is 4.36. The summed E-state index contributed by atoms with van der Waals surface area (Å²) in [7, 11) is 1.51. The number of amides is 2. The third-order valence-corrected chi connectivity index (χ3v) is 5.55. The van der Waals surface area contributed by atoms with Crippen LogP contribution in [0.1, 0.15) is 30.6 Å². The number of hydrogen-bond donors (Lipinski definition) is 2. The van der Waals surface area contributed by atoms with Crippen LogP contribution in [-0.4, -0.2) is 28.7 Å². The predicted molar refractivity (Wildman–Crippen MR) is 121 cm³/mol.